The molecule has 0 fully saturated rings. The van der Waals surface area contributed by atoms with Crippen LogP contribution in [0.2, 0.25) is 0 Å². The third kappa shape index (κ3) is 14.3. The molecule has 0 aliphatic carbocycles. The molecule has 0 spiro atoms. The second-order valence-electron chi connectivity index (χ2n) is 8.35. The first-order chi connectivity index (χ1) is 19.5. The summed E-state index contributed by atoms with van der Waals surface area (Å²) in [4.78, 5) is 47.6. The summed E-state index contributed by atoms with van der Waals surface area (Å²) >= 11 is 0. The molecule has 0 bridgehead atoms. The number of fused-ring (bicyclic) bond motifs is 2. The molecule has 14 heteroatoms. The molecular formula is C29H30K2N6O6. The van der Waals surface area contributed by atoms with Gasteiger partial charge in [0.25, 0.3) is 6.47 Å². The van der Waals surface area contributed by atoms with E-state index in [0.29, 0.717) is 17.9 Å². The third-order valence-corrected chi connectivity index (χ3v) is 5.12. The van der Waals surface area contributed by atoms with E-state index in [1.807, 2.05) is 30.3 Å². The van der Waals surface area contributed by atoms with Crippen molar-refractivity contribution in [2.24, 2.45) is 0 Å². The van der Waals surface area contributed by atoms with Gasteiger partial charge in [0.1, 0.15) is 5.69 Å². The maximum absolute atomic E-state index is 11.8. The van der Waals surface area contributed by atoms with Gasteiger partial charge >= 0.3 is 103 Å². The van der Waals surface area contributed by atoms with Crippen LogP contribution in [-0.2, 0) is 19.3 Å². The van der Waals surface area contributed by atoms with Gasteiger partial charge < -0.3 is 38.7 Å². The quantitative estimate of drug-likeness (QED) is 0.0369. The van der Waals surface area contributed by atoms with E-state index < -0.39 is 0 Å². The summed E-state index contributed by atoms with van der Waals surface area (Å²) in [7, 11) is 0. The summed E-state index contributed by atoms with van der Waals surface area (Å²) in [5, 5.41) is 15.5. The number of anilines is 2. The van der Waals surface area contributed by atoms with Crippen LogP contribution in [0.1, 0.15) is 38.4 Å². The molecule has 214 valence electrons. The van der Waals surface area contributed by atoms with E-state index in [-0.39, 0.29) is 135 Å². The minimum absolute atomic E-state index is 0. The van der Waals surface area contributed by atoms with Crippen molar-refractivity contribution in [3.63, 3.8) is 0 Å². The summed E-state index contributed by atoms with van der Waals surface area (Å²) in [6, 6.07) is 14.7. The van der Waals surface area contributed by atoms with Crippen molar-refractivity contribution < 1.29 is 134 Å². The molecule has 2 aromatic carbocycles. The van der Waals surface area contributed by atoms with Crippen LogP contribution in [0.5, 0.6) is 0 Å². The monoisotopic (exact) mass is 636 g/mol. The van der Waals surface area contributed by atoms with E-state index in [2.05, 4.69) is 44.2 Å². The van der Waals surface area contributed by atoms with Crippen molar-refractivity contribution in [1.82, 2.24) is 20.2 Å². The zero-order valence-corrected chi connectivity index (χ0v) is 30.9. The number of aromatic amines is 1. The number of aromatic nitrogens is 2. The van der Waals surface area contributed by atoms with Crippen LogP contribution in [0.15, 0.2) is 48.5 Å². The molecule has 0 saturated carbocycles. The third-order valence-electron chi connectivity index (χ3n) is 5.12. The van der Waals surface area contributed by atoms with Gasteiger partial charge in [-0.15, -0.1) is 0 Å². The van der Waals surface area contributed by atoms with Crippen LogP contribution in [0.3, 0.4) is 0 Å². The molecule has 43 heavy (non-hydrogen) atoms. The maximum Gasteiger partial charge on any atom is 1.00 e. The molecule has 4 rings (SSSR count). The molecule has 0 radical (unpaired) electrons. The Bertz CT molecular complexity index is 1700. The van der Waals surface area contributed by atoms with Gasteiger partial charge in [-0.05, 0) is 60.4 Å². The number of hydrogen-bond donors (Lipinski definition) is 5. The van der Waals surface area contributed by atoms with Crippen LogP contribution < -0.4 is 130 Å². The molecule has 0 aliphatic rings. The molecule has 0 atom stereocenters. The molecule has 7 N–H and O–H groups in total. The summed E-state index contributed by atoms with van der Waals surface area (Å²) in [6.07, 6.45) is 0. The van der Waals surface area contributed by atoms with Crippen LogP contribution in [0, 0.1) is 23.7 Å². The standard InChI is InChI=1S/C15H15N3O2.C13H13N3O.CH2O3.2K.H/c1-10(19)17-7-3-4-14-9-12-8-13(16)5-6-15(12)18(14)11(2)20;1-9(17)15-6-2-3-12-8-10-7-11(14)4-5-13(10)16-12;2-1-4-3;;;/h5-6,8-9H,7,16H2,1-2H3,(H,17,19);4-5,7-8,16H,6,14H2,1H3,(H,15,17);1,3H;;;/q;;;2*+1;-1/p-1. The number of carbonyl (C=O) groups is 4. The Kier molecular flexibility index (Phi) is 20.1. The summed E-state index contributed by atoms with van der Waals surface area (Å²) in [5.41, 5.74) is 16.0. The van der Waals surface area contributed by atoms with Crippen molar-refractivity contribution in [3.8, 4) is 23.7 Å². The Morgan fingerprint density at radius 1 is 0.907 bits per heavy atom. The fraction of sp³-hybridized carbons (Fsp3) is 0.172. The summed E-state index contributed by atoms with van der Waals surface area (Å²) < 4.78 is 1.54. The van der Waals surface area contributed by atoms with Gasteiger partial charge in [-0.25, -0.2) is 0 Å². The number of H-pyrrole nitrogens is 1. The molecule has 4 aromatic rings. The number of rotatable bonds is 3. The fourth-order valence-corrected chi connectivity index (χ4v) is 3.50. The van der Waals surface area contributed by atoms with Crippen molar-refractivity contribution >= 4 is 57.4 Å². The first-order valence-corrected chi connectivity index (χ1v) is 12.0. The molecule has 0 aliphatic heterocycles. The predicted octanol–water partition coefficient (Wildman–Crippen LogP) is -4.84. The van der Waals surface area contributed by atoms with Gasteiger partial charge in [-0.1, -0.05) is 11.8 Å². The zero-order valence-electron chi connectivity index (χ0n) is 25.7. The van der Waals surface area contributed by atoms with E-state index in [0.717, 1.165) is 33.2 Å². The fourth-order valence-electron chi connectivity index (χ4n) is 3.50. The van der Waals surface area contributed by atoms with E-state index >= 15 is 0 Å². The first-order valence-electron chi connectivity index (χ1n) is 12.0. The normalized spacial score (nSPS) is 8.93. The SMILES string of the molecule is CC(=O)NCC#Cc1cc2cc(N)ccc2[nH]1.CC(=O)NCC#Cc1cc2cc(N)ccc2n1C(C)=O.O=CO[O-].[H-].[K+].[K+]. The Morgan fingerprint density at radius 2 is 1.44 bits per heavy atom. The number of hydrogen-bond acceptors (Lipinski definition) is 8. The zero-order chi connectivity index (χ0) is 30.4. The van der Waals surface area contributed by atoms with Crippen LogP contribution in [-0.4, -0.2) is 46.8 Å². The first kappa shape index (κ1) is 40.6. The van der Waals surface area contributed by atoms with Gasteiger partial charge in [-0.2, -0.15) is 0 Å². The number of nitrogens with one attached hydrogen (secondary N) is 3. The average Bonchev–Trinajstić information content (AvgIpc) is 3.49. The second-order valence-corrected chi connectivity index (χ2v) is 8.35. The van der Waals surface area contributed by atoms with Crippen molar-refractivity contribution in [2.75, 3.05) is 24.6 Å². The van der Waals surface area contributed by atoms with Crippen molar-refractivity contribution in [1.29, 1.82) is 0 Å². The molecule has 2 aromatic heterocycles. The van der Waals surface area contributed by atoms with E-state index in [1.165, 1.54) is 25.3 Å². The van der Waals surface area contributed by atoms with Crippen molar-refractivity contribution in [2.45, 2.75) is 20.8 Å². The number of nitrogen functional groups attached to an aromatic ring is 2. The van der Waals surface area contributed by atoms with Gasteiger partial charge in [0, 0.05) is 48.4 Å². The predicted molar refractivity (Wildman–Crippen MR) is 155 cm³/mol. The van der Waals surface area contributed by atoms with Gasteiger partial charge in [-0.3, -0.25) is 23.7 Å². The topological polar surface area (TPSA) is 197 Å². The number of nitrogens with two attached hydrogens (primary N) is 2. The van der Waals surface area contributed by atoms with Crippen LogP contribution in [0.25, 0.3) is 21.8 Å². The molecule has 0 saturated heterocycles. The Morgan fingerprint density at radius 3 is 1.98 bits per heavy atom. The van der Waals surface area contributed by atoms with E-state index in [1.54, 1.807) is 18.2 Å². The number of nitrogens with zero attached hydrogens (tertiary/aromatic N) is 1. The molecular weight excluding hydrogens is 607 g/mol. The van der Waals surface area contributed by atoms with Gasteiger partial charge in [0.05, 0.1) is 24.3 Å². The van der Waals surface area contributed by atoms with E-state index in [4.69, 9.17) is 21.5 Å². The van der Waals surface area contributed by atoms with Crippen molar-refractivity contribution in [3.05, 3.63) is 59.9 Å². The number of carbonyl (C=O) groups excluding carboxylic acids is 4. The molecule has 2 amide bonds. The maximum atomic E-state index is 11.8. The van der Waals surface area contributed by atoms with Crippen LogP contribution >= 0.6 is 0 Å². The Labute approximate surface area is 335 Å². The number of benzene rings is 2. The second kappa shape index (κ2) is 21.3. The van der Waals surface area contributed by atoms with E-state index in [9.17, 15) is 14.4 Å². The molecule has 2 heterocycles. The smallest absolute Gasteiger partial charge is 1.00 e. The average molecular weight is 637 g/mol. The Balaban J connectivity index is 0. The van der Waals surface area contributed by atoms with Gasteiger partial charge in [0.2, 0.25) is 17.7 Å². The summed E-state index contributed by atoms with van der Waals surface area (Å²) in [5.74, 6) is 11.2. The van der Waals surface area contributed by atoms with Crippen LogP contribution in [0.4, 0.5) is 11.4 Å². The minimum atomic E-state index is -0.181. The Hall–Kier alpha value is -2.45. The largest absolute Gasteiger partial charge is 1.00 e. The summed E-state index contributed by atoms with van der Waals surface area (Å²) in [6.45, 7) is 4.79. The minimum Gasteiger partial charge on any atom is -1.00 e. The van der Waals surface area contributed by atoms with Gasteiger partial charge in [0.15, 0.2) is 0 Å². The molecule has 0 unspecified atom stereocenters. The number of amides is 2. The molecule has 12 nitrogen and oxygen atoms in total.